The van der Waals surface area contributed by atoms with E-state index < -0.39 is 0 Å². The van der Waals surface area contributed by atoms with Crippen LogP contribution in [-0.2, 0) is 14.3 Å². The van der Waals surface area contributed by atoms with E-state index in [0.717, 1.165) is 13.0 Å². The number of methoxy groups -OCH3 is 1. The van der Waals surface area contributed by atoms with Crippen molar-refractivity contribution in [1.29, 1.82) is 0 Å². The van der Waals surface area contributed by atoms with Gasteiger partial charge in [0.05, 0.1) is 0 Å². The van der Waals surface area contributed by atoms with E-state index in [2.05, 4.69) is 0 Å². The summed E-state index contributed by atoms with van der Waals surface area (Å²) in [7, 11) is 1.52. The van der Waals surface area contributed by atoms with Crippen LogP contribution >= 0.6 is 0 Å². The zero-order valence-electron chi connectivity index (χ0n) is 10.9. The molecule has 1 aliphatic heterocycles. The van der Waals surface area contributed by atoms with E-state index >= 15 is 0 Å². The van der Waals surface area contributed by atoms with Crippen molar-refractivity contribution < 1.29 is 14.3 Å². The second-order valence-electron chi connectivity index (χ2n) is 4.65. The number of hydrogen-bond donors (Lipinski definition) is 0. The molecule has 0 aliphatic carbocycles. The Bertz CT molecular complexity index is 279. The molecule has 5 heteroatoms. The molecule has 0 aromatic carbocycles. The third-order valence-electron chi connectivity index (χ3n) is 2.92. The molecule has 0 radical (unpaired) electrons. The molecule has 0 aromatic rings. The Kier molecular flexibility index (Phi) is 5.41. The van der Waals surface area contributed by atoms with Crippen LogP contribution in [0.15, 0.2) is 0 Å². The zero-order chi connectivity index (χ0) is 12.8. The number of carbonyl (C=O) groups excluding carboxylic acids is 2. The smallest absolute Gasteiger partial charge is 0.248 e. The molecule has 98 valence electrons. The predicted octanol–water partition coefficient (Wildman–Crippen LogP) is 0.350. The van der Waals surface area contributed by atoms with E-state index in [0.29, 0.717) is 19.6 Å². The van der Waals surface area contributed by atoms with Crippen molar-refractivity contribution in [2.45, 2.75) is 20.3 Å². The van der Waals surface area contributed by atoms with Crippen LogP contribution in [0.4, 0.5) is 0 Å². The highest BCUT2D eigenvalue weighted by Gasteiger charge is 2.22. The highest BCUT2D eigenvalue weighted by molar-refractivity contribution is 5.79. The van der Waals surface area contributed by atoms with Gasteiger partial charge < -0.3 is 14.5 Å². The molecule has 1 saturated heterocycles. The van der Waals surface area contributed by atoms with Gasteiger partial charge in [-0.3, -0.25) is 9.59 Å². The Labute approximate surface area is 103 Å². The van der Waals surface area contributed by atoms with Gasteiger partial charge in [0.15, 0.2) is 0 Å². The lowest BCUT2D eigenvalue weighted by molar-refractivity contribution is -0.137. The highest BCUT2D eigenvalue weighted by Crippen LogP contribution is 2.08. The quantitative estimate of drug-likeness (QED) is 0.717. The Balaban J connectivity index is 2.50. The van der Waals surface area contributed by atoms with Crippen LogP contribution in [0.3, 0.4) is 0 Å². The summed E-state index contributed by atoms with van der Waals surface area (Å²) in [6, 6.07) is 0. The molecule has 1 heterocycles. The van der Waals surface area contributed by atoms with Gasteiger partial charge in [-0.25, -0.2) is 0 Å². The highest BCUT2D eigenvalue weighted by atomic mass is 16.5. The molecule has 2 amide bonds. The van der Waals surface area contributed by atoms with E-state index in [9.17, 15) is 9.59 Å². The Hall–Kier alpha value is -1.10. The van der Waals surface area contributed by atoms with Gasteiger partial charge in [-0.1, -0.05) is 13.8 Å². The fourth-order valence-corrected chi connectivity index (χ4v) is 1.97. The molecule has 0 saturated carbocycles. The zero-order valence-corrected chi connectivity index (χ0v) is 10.9. The third kappa shape index (κ3) is 4.00. The molecule has 17 heavy (non-hydrogen) atoms. The lowest BCUT2D eigenvalue weighted by atomic mass is 10.2. The molecule has 1 rings (SSSR count). The molecule has 0 N–H and O–H groups in total. The molecular formula is C12H22N2O3. The number of nitrogens with zero attached hydrogens (tertiary/aromatic N) is 2. The first-order valence-electron chi connectivity index (χ1n) is 6.11. The van der Waals surface area contributed by atoms with Gasteiger partial charge in [0.25, 0.3) is 0 Å². The Morgan fingerprint density at radius 1 is 1.12 bits per heavy atom. The van der Waals surface area contributed by atoms with Crippen LogP contribution in [0, 0.1) is 5.92 Å². The number of ether oxygens (including phenoxy) is 1. The van der Waals surface area contributed by atoms with Gasteiger partial charge in [-0.05, 0) is 6.42 Å². The summed E-state index contributed by atoms with van der Waals surface area (Å²) >= 11 is 0. The third-order valence-corrected chi connectivity index (χ3v) is 2.92. The van der Waals surface area contributed by atoms with Crippen molar-refractivity contribution >= 4 is 11.8 Å². The van der Waals surface area contributed by atoms with Crippen molar-refractivity contribution in [2.24, 2.45) is 5.92 Å². The molecule has 1 aliphatic rings. The minimum absolute atomic E-state index is 0.00588. The predicted molar refractivity (Wildman–Crippen MR) is 64.5 cm³/mol. The molecule has 0 bridgehead atoms. The van der Waals surface area contributed by atoms with Crippen molar-refractivity contribution in [2.75, 3.05) is 39.9 Å². The van der Waals surface area contributed by atoms with Gasteiger partial charge in [0, 0.05) is 39.2 Å². The van der Waals surface area contributed by atoms with Gasteiger partial charge in [-0.2, -0.15) is 0 Å². The van der Waals surface area contributed by atoms with Gasteiger partial charge in [0.2, 0.25) is 11.8 Å². The molecule has 0 spiro atoms. The van der Waals surface area contributed by atoms with Crippen LogP contribution in [0.25, 0.3) is 0 Å². The summed E-state index contributed by atoms with van der Waals surface area (Å²) in [5, 5.41) is 0. The monoisotopic (exact) mass is 242 g/mol. The first-order chi connectivity index (χ1) is 8.06. The second kappa shape index (κ2) is 6.59. The van der Waals surface area contributed by atoms with Crippen LogP contribution < -0.4 is 0 Å². The van der Waals surface area contributed by atoms with Gasteiger partial charge >= 0.3 is 0 Å². The van der Waals surface area contributed by atoms with Crippen molar-refractivity contribution in [3.8, 4) is 0 Å². The minimum atomic E-state index is 0.00588. The summed E-state index contributed by atoms with van der Waals surface area (Å²) in [5.74, 6) is 0.202. The van der Waals surface area contributed by atoms with Gasteiger partial charge in [-0.15, -0.1) is 0 Å². The second-order valence-corrected chi connectivity index (χ2v) is 4.65. The summed E-state index contributed by atoms with van der Waals surface area (Å²) in [4.78, 5) is 27.1. The Morgan fingerprint density at radius 2 is 1.71 bits per heavy atom. The van der Waals surface area contributed by atoms with Crippen LogP contribution in [0.5, 0.6) is 0 Å². The fraction of sp³-hybridized carbons (Fsp3) is 0.833. The average molecular weight is 242 g/mol. The van der Waals surface area contributed by atoms with E-state index in [1.807, 2.05) is 18.7 Å². The molecule has 0 aromatic heterocycles. The van der Waals surface area contributed by atoms with Gasteiger partial charge in [0.1, 0.15) is 6.61 Å². The number of carbonyl (C=O) groups is 2. The summed E-state index contributed by atoms with van der Waals surface area (Å²) in [6.07, 6.45) is 0.841. The molecule has 5 nitrogen and oxygen atoms in total. The Morgan fingerprint density at radius 3 is 2.29 bits per heavy atom. The van der Waals surface area contributed by atoms with E-state index in [1.165, 1.54) is 7.11 Å². The SMILES string of the molecule is COCC(=O)N1CCCN(C(=O)C(C)C)CC1. The van der Waals surface area contributed by atoms with Crippen LogP contribution in [-0.4, -0.2) is 61.5 Å². The average Bonchev–Trinajstić information content (AvgIpc) is 2.53. The topological polar surface area (TPSA) is 49.9 Å². The van der Waals surface area contributed by atoms with Crippen LogP contribution in [0.1, 0.15) is 20.3 Å². The largest absolute Gasteiger partial charge is 0.375 e. The van der Waals surface area contributed by atoms with E-state index in [4.69, 9.17) is 4.74 Å². The maximum Gasteiger partial charge on any atom is 0.248 e. The lowest BCUT2D eigenvalue weighted by Crippen LogP contribution is -2.39. The van der Waals surface area contributed by atoms with E-state index in [-0.39, 0.29) is 24.3 Å². The lowest BCUT2D eigenvalue weighted by Gasteiger charge is -2.23. The van der Waals surface area contributed by atoms with Crippen molar-refractivity contribution in [1.82, 2.24) is 9.80 Å². The normalized spacial score (nSPS) is 17.2. The van der Waals surface area contributed by atoms with Crippen molar-refractivity contribution in [3.63, 3.8) is 0 Å². The first-order valence-corrected chi connectivity index (χ1v) is 6.11. The first kappa shape index (κ1) is 14.0. The van der Waals surface area contributed by atoms with Crippen molar-refractivity contribution in [3.05, 3.63) is 0 Å². The number of amides is 2. The number of hydrogen-bond acceptors (Lipinski definition) is 3. The van der Waals surface area contributed by atoms with Crippen LogP contribution in [0.2, 0.25) is 0 Å². The standard InChI is InChI=1S/C12H22N2O3/c1-10(2)12(16)14-6-4-5-13(7-8-14)11(15)9-17-3/h10H,4-9H2,1-3H3. The molecule has 0 unspecified atom stereocenters. The summed E-state index contributed by atoms with van der Waals surface area (Å²) < 4.78 is 4.84. The van der Waals surface area contributed by atoms with E-state index in [1.54, 1.807) is 4.90 Å². The summed E-state index contributed by atoms with van der Waals surface area (Å²) in [5.41, 5.74) is 0. The summed E-state index contributed by atoms with van der Waals surface area (Å²) in [6.45, 7) is 6.63. The fourth-order valence-electron chi connectivity index (χ4n) is 1.97. The molecule has 1 fully saturated rings. The molecule has 0 atom stereocenters. The maximum atomic E-state index is 11.9. The maximum absolute atomic E-state index is 11.9. The number of rotatable bonds is 3. The minimum Gasteiger partial charge on any atom is -0.375 e. The molecular weight excluding hydrogens is 220 g/mol.